The summed E-state index contributed by atoms with van der Waals surface area (Å²) in [6.45, 7) is 0. The van der Waals surface area contributed by atoms with Gasteiger partial charge in [-0.05, 0) is 33.6 Å². The molecular weight excluding hydrogens is 379 g/mol. The molecule has 2 aromatic carbocycles. The van der Waals surface area contributed by atoms with E-state index in [-0.39, 0.29) is 0 Å². The van der Waals surface area contributed by atoms with Crippen molar-refractivity contribution in [2.45, 2.75) is 12.5 Å². The van der Waals surface area contributed by atoms with Crippen LogP contribution in [0.4, 0.5) is 0 Å². The molecule has 2 aromatic rings. The number of aliphatic hydroxyl groups excluding tert-OH is 1. The average Bonchev–Trinajstić information content (AvgIpc) is 2.35. The van der Waals surface area contributed by atoms with Gasteiger partial charge in [-0.3, -0.25) is 0 Å². The Morgan fingerprint density at radius 2 is 1.67 bits per heavy atom. The molecular formula is C14H11Br2ClO. The van der Waals surface area contributed by atoms with E-state index >= 15 is 0 Å². The van der Waals surface area contributed by atoms with Gasteiger partial charge >= 0.3 is 0 Å². The maximum absolute atomic E-state index is 10.3. The van der Waals surface area contributed by atoms with E-state index < -0.39 is 6.10 Å². The molecule has 1 unspecified atom stereocenters. The Hall–Kier alpha value is -0.350. The zero-order valence-corrected chi connectivity index (χ0v) is 13.3. The van der Waals surface area contributed by atoms with Crippen molar-refractivity contribution in [3.05, 3.63) is 67.6 Å². The molecule has 0 radical (unpaired) electrons. The second-order valence-corrected chi connectivity index (χ2v) is 6.04. The minimum absolute atomic E-state index is 0.525. The Kier molecular flexibility index (Phi) is 4.84. The average molecular weight is 391 g/mol. The minimum Gasteiger partial charge on any atom is -0.388 e. The van der Waals surface area contributed by atoms with Gasteiger partial charge in [0, 0.05) is 20.9 Å². The van der Waals surface area contributed by atoms with Gasteiger partial charge in [-0.1, -0.05) is 57.9 Å². The highest BCUT2D eigenvalue weighted by Crippen LogP contribution is 2.32. The summed E-state index contributed by atoms with van der Waals surface area (Å²) in [4.78, 5) is 0. The molecule has 0 aliphatic carbocycles. The monoisotopic (exact) mass is 388 g/mol. The fourth-order valence-corrected chi connectivity index (χ4v) is 2.84. The maximum atomic E-state index is 10.3. The highest BCUT2D eigenvalue weighted by atomic mass is 79.9. The van der Waals surface area contributed by atoms with Crippen molar-refractivity contribution in [1.82, 2.24) is 0 Å². The second kappa shape index (κ2) is 6.20. The normalized spacial score (nSPS) is 12.4. The molecule has 0 fully saturated rings. The number of aliphatic hydroxyl groups is 1. The molecule has 0 spiro atoms. The Bertz CT molecular complexity index is 557. The van der Waals surface area contributed by atoms with E-state index in [0.29, 0.717) is 11.4 Å². The van der Waals surface area contributed by atoms with Crippen LogP contribution in [0.1, 0.15) is 17.2 Å². The fourth-order valence-electron chi connectivity index (χ4n) is 1.76. The molecule has 0 heterocycles. The first-order chi connectivity index (χ1) is 8.59. The van der Waals surface area contributed by atoms with E-state index in [2.05, 4.69) is 31.9 Å². The van der Waals surface area contributed by atoms with Gasteiger partial charge in [0.05, 0.1) is 11.1 Å². The van der Waals surface area contributed by atoms with Crippen LogP contribution in [-0.4, -0.2) is 5.11 Å². The summed E-state index contributed by atoms with van der Waals surface area (Å²) in [5, 5.41) is 10.8. The quantitative estimate of drug-likeness (QED) is 0.769. The Morgan fingerprint density at radius 3 is 2.39 bits per heavy atom. The zero-order chi connectivity index (χ0) is 13.1. The Balaban J connectivity index is 2.25. The van der Waals surface area contributed by atoms with Crippen LogP contribution in [0.2, 0.25) is 5.02 Å². The standard InChI is InChI=1S/C14H11Br2ClO/c15-11-6-2-1-4-9(11)8-13(18)10-5-3-7-12(16)14(10)17/h1-7,13,18H,8H2. The molecule has 1 atom stereocenters. The zero-order valence-electron chi connectivity index (χ0n) is 9.41. The van der Waals surface area contributed by atoms with Gasteiger partial charge in [-0.2, -0.15) is 0 Å². The number of rotatable bonds is 3. The van der Waals surface area contributed by atoms with Crippen LogP contribution in [0.3, 0.4) is 0 Å². The van der Waals surface area contributed by atoms with Crippen molar-refractivity contribution in [1.29, 1.82) is 0 Å². The predicted molar refractivity (Wildman–Crippen MR) is 82.0 cm³/mol. The first-order valence-corrected chi connectivity index (χ1v) is 7.41. The van der Waals surface area contributed by atoms with Crippen molar-refractivity contribution in [2.75, 3.05) is 0 Å². The van der Waals surface area contributed by atoms with E-state index in [0.717, 1.165) is 20.1 Å². The van der Waals surface area contributed by atoms with Crippen molar-refractivity contribution in [2.24, 2.45) is 0 Å². The van der Waals surface area contributed by atoms with Gasteiger partial charge in [0.15, 0.2) is 0 Å². The van der Waals surface area contributed by atoms with Gasteiger partial charge in [-0.25, -0.2) is 0 Å². The molecule has 0 amide bonds. The lowest BCUT2D eigenvalue weighted by atomic mass is 10.0. The molecule has 94 valence electrons. The van der Waals surface area contributed by atoms with E-state index in [1.807, 2.05) is 42.5 Å². The molecule has 4 heteroatoms. The lowest BCUT2D eigenvalue weighted by molar-refractivity contribution is 0.178. The largest absolute Gasteiger partial charge is 0.388 e. The van der Waals surface area contributed by atoms with Crippen LogP contribution < -0.4 is 0 Å². The molecule has 0 saturated carbocycles. The van der Waals surface area contributed by atoms with Gasteiger partial charge < -0.3 is 5.11 Å². The van der Waals surface area contributed by atoms with E-state index in [1.165, 1.54) is 0 Å². The van der Waals surface area contributed by atoms with Crippen LogP contribution in [0.15, 0.2) is 51.4 Å². The van der Waals surface area contributed by atoms with Crippen LogP contribution in [0.25, 0.3) is 0 Å². The second-order valence-electron chi connectivity index (χ2n) is 3.95. The van der Waals surface area contributed by atoms with E-state index in [9.17, 15) is 5.11 Å². The summed E-state index contributed by atoms with van der Waals surface area (Å²) in [6, 6.07) is 13.4. The molecule has 0 aromatic heterocycles. The van der Waals surface area contributed by atoms with Crippen LogP contribution >= 0.6 is 43.5 Å². The third-order valence-electron chi connectivity index (χ3n) is 2.71. The number of halogens is 3. The topological polar surface area (TPSA) is 20.2 Å². The van der Waals surface area contributed by atoms with Crippen molar-refractivity contribution in [3.63, 3.8) is 0 Å². The minimum atomic E-state index is -0.617. The highest BCUT2D eigenvalue weighted by Gasteiger charge is 2.15. The summed E-state index contributed by atoms with van der Waals surface area (Å²) in [6.07, 6.45) is -0.0916. The highest BCUT2D eigenvalue weighted by molar-refractivity contribution is 9.10. The smallest absolute Gasteiger partial charge is 0.0845 e. The van der Waals surface area contributed by atoms with Crippen molar-refractivity contribution >= 4 is 43.5 Å². The first-order valence-electron chi connectivity index (χ1n) is 5.45. The molecule has 2 rings (SSSR count). The Morgan fingerprint density at radius 1 is 1.00 bits per heavy atom. The molecule has 0 saturated heterocycles. The summed E-state index contributed by atoms with van der Waals surface area (Å²) in [7, 11) is 0. The molecule has 1 N–H and O–H groups in total. The third kappa shape index (κ3) is 3.15. The van der Waals surface area contributed by atoms with Crippen molar-refractivity contribution < 1.29 is 5.11 Å². The Labute approximate surface area is 128 Å². The molecule has 18 heavy (non-hydrogen) atoms. The van der Waals surface area contributed by atoms with Gasteiger partial charge in [0.1, 0.15) is 0 Å². The maximum Gasteiger partial charge on any atom is 0.0845 e. The van der Waals surface area contributed by atoms with Crippen molar-refractivity contribution in [3.8, 4) is 0 Å². The van der Waals surface area contributed by atoms with Crippen LogP contribution in [0.5, 0.6) is 0 Å². The van der Waals surface area contributed by atoms with E-state index in [4.69, 9.17) is 11.6 Å². The van der Waals surface area contributed by atoms with Crippen LogP contribution in [0, 0.1) is 0 Å². The van der Waals surface area contributed by atoms with Gasteiger partial charge in [-0.15, -0.1) is 0 Å². The molecule has 0 bridgehead atoms. The number of benzene rings is 2. The summed E-state index contributed by atoms with van der Waals surface area (Å²) >= 11 is 13.0. The van der Waals surface area contributed by atoms with Gasteiger partial charge in [0.2, 0.25) is 0 Å². The lowest BCUT2D eigenvalue weighted by Crippen LogP contribution is -2.03. The van der Waals surface area contributed by atoms with Crippen LogP contribution in [-0.2, 0) is 6.42 Å². The summed E-state index contributed by atoms with van der Waals surface area (Å²) < 4.78 is 1.79. The first kappa shape index (κ1) is 14.1. The SMILES string of the molecule is OC(Cc1ccccc1Br)c1cccc(Br)c1Cl. The van der Waals surface area contributed by atoms with E-state index in [1.54, 1.807) is 0 Å². The predicted octanol–water partition coefficient (Wildman–Crippen LogP) is 5.14. The third-order valence-corrected chi connectivity index (χ3v) is 4.80. The summed E-state index contributed by atoms with van der Waals surface area (Å²) in [5.74, 6) is 0. The summed E-state index contributed by atoms with van der Waals surface area (Å²) in [5.41, 5.74) is 1.79. The molecule has 0 aliphatic heterocycles. The lowest BCUT2D eigenvalue weighted by Gasteiger charge is -2.14. The number of hydrogen-bond donors (Lipinski definition) is 1. The molecule has 1 nitrogen and oxygen atoms in total. The molecule has 0 aliphatic rings. The fraction of sp³-hybridized carbons (Fsp3) is 0.143. The number of hydrogen-bond acceptors (Lipinski definition) is 1. The van der Waals surface area contributed by atoms with Gasteiger partial charge in [0.25, 0.3) is 0 Å².